The topological polar surface area (TPSA) is 65.2 Å². The molecule has 1 saturated heterocycles. The van der Waals surface area contributed by atoms with Gasteiger partial charge in [-0.2, -0.15) is 0 Å². The predicted molar refractivity (Wildman–Crippen MR) is 134 cm³/mol. The Morgan fingerprint density at radius 3 is 2.73 bits per heavy atom. The van der Waals surface area contributed by atoms with Crippen LogP contribution in [0.4, 0.5) is 0 Å². The molecule has 1 aromatic carbocycles. The van der Waals surface area contributed by atoms with Gasteiger partial charge in [0.25, 0.3) is 0 Å². The number of aromatic nitrogens is 2. The Hall–Kier alpha value is -3.05. The summed E-state index contributed by atoms with van der Waals surface area (Å²) in [6.45, 7) is 9.48. The summed E-state index contributed by atoms with van der Waals surface area (Å²) in [6, 6.07) is 13.4. The molecule has 3 aromatic rings. The number of para-hydroxylation sites is 1. The van der Waals surface area contributed by atoms with E-state index in [2.05, 4.69) is 85.5 Å². The number of benzene rings is 1. The molecule has 1 fully saturated rings. The molecule has 3 N–H and O–H groups in total. The highest BCUT2D eigenvalue weighted by atomic mass is 16.5. The van der Waals surface area contributed by atoms with Gasteiger partial charge in [0.2, 0.25) is 0 Å². The van der Waals surface area contributed by atoms with Crippen LogP contribution in [0.1, 0.15) is 56.5 Å². The van der Waals surface area contributed by atoms with Crippen LogP contribution < -0.4 is 31.3 Å². The van der Waals surface area contributed by atoms with E-state index in [4.69, 9.17) is 9.73 Å². The highest BCUT2D eigenvalue weighted by Gasteiger charge is 2.19. The van der Waals surface area contributed by atoms with Gasteiger partial charge in [-0.15, -0.1) is 0 Å². The summed E-state index contributed by atoms with van der Waals surface area (Å²) < 4.78 is 6.21. The first-order chi connectivity index (χ1) is 16.0. The lowest BCUT2D eigenvalue weighted by Crippen LogP contribution is -2.24. The number of aromatic amines is 2. The maximum absolute atomic E-state index is 6.21. The van der Waals surface area contributed by atoms with Crippen molar-refractivity contribution in [3.05, 3.63) is 74.6 Å². The normalized spacial score (nSPS) is 20.0. The Bertz CT molecular complexity index is 1400. The Balaban J connectivity index is 1.65. The third-order valence-corrected chi connectivity index (χ3v) is 6.56. The van der Waals surface area contributed by atoms with Crippen molar-refractivity contribution < 1.29 is 4.74 Å². The zero-order chi connectivity index (χ0) is 22.9. The van der Waals surface area contributed by atoms with E-state index in [0.717, 1.165) is 58.3 Å². The van der Waals surface area contributed by atoms with Crippen molar-refractivity contribution in [2.75, 3.05) is 6.54 Å². The molecule has 2 aliphatic heterocycles. The Morgan fingerprint density at radius 1 is 1.15 bits per heavy atom. The molecule has 33 heavy (non-hydrogen) atoms. The van der Waals surface area contributed by atoms with E-state index in [0.29, 0.717) is 6.04 Å². The van der Waals surface area contributed by atoms with Crippen molar-refractivity contribution in [3.8, 4) is 5.75 Å². The molecule has 1 atom stereocenters. The number of hydrogen-bond acceptors (Lipinski definition) is 3. The van der Waals surface area contributed by atoms with Gasteiger partial charge in [-0.1, -0.05) is 18.2 Å². The number of hydrogen-bond donors (Lipinski definition) is 3. The number of H-pyrrole nitrogens is 2. The average Bonchev–Trinajstić information content (AvgIpc) is 3.54. The third-order valence-electron chi connectivity index (χ3n) is 6.56. The van der Waals surface area contributed by atoms with Gasteiger partial charge >= 0.3 is 0 Å². The molecule has 2 aromatic heterocycles. The molecule has 0 spiro atoms. The van der Waals surface area contributed by atoms with E-state index in [1.165, 1.54) is 29.2 Å². The van der Waals surface area contributed by atoms with Gasteiger partial charge in [-0.3, -0.25) is 0 Å². The number of nitrogens with zero attached hydrogens (tertiary/aromatic N) is 1. The first-order valence-electron chi connectivity index (χ1n) is 12.2. The smallest absolute Gasteiger partial charge is 0.145 e. The van der Waals surface area contributed by atoms with Gasteiger partial charge in [0.05, 0.1) is 27.9 Å². The van der Waals surface area contributed by atoms with Crippen LogP contribution in [0, 0.1) is 13.8 Å². The van der Waals surface area contributed by atoms with Crippen molar-refractivity contribution in [2.45, 2.75) is 65.5 Å². The van der Waals surface area contributed by atoms with Crippen LogP contribution >= 0.6 is 0 Å². The van der Waals surface area contributed by atoms with Crippen molar-refractivity contribution in [1.29, 1.82) is 0 Å². The van der Waals surface area contributed by atoms with Crippen LogP contribution in [-0.2, 0) is 0 Å². The number of fused-ring (bicyclic) bond motifs is 1. The second-order valence-corrected chi connectivity index (χ2v) is 9.61. The van der Waals surface area contributed by atoms with E-state index in [1.807, 2.05) is 0 Å². The van der Waals surface area contributed by atoms with Gasteiger partial charge in [-0.25, -0.2) is 4.99 Å². The largest absolute Gasteiger partial charge is 0.489 e. The summed E-state index contributed by atoms with van der Waals surface area (Å²) in [5.74, 6) is 0.863. The summed E-state index contributed by atoms with van der Waals surface area (Å²) in [5.41, 5.74) is 5.85. The van der Waals surface area contributed by atoms with Gasteiger partial charge in [0.1, 0.15) is 5.75 Å². The van der Waals surface area contributed by atoms with E-state index in [1.54, 1.807) is 0 Å². The van der Waals surface area contributed by atoms with Crippen molar-refractivity contribution in [2.24, 2.45) is 4.99 Å². The van der Waals surface area contributed by atoms with Crippen LogP contribution in [0.15, 0.2) is 41.4 Å². The maximum Gasteiger partial charge on any atom is 0.145 e. The molecular formula is C28H34N4O. The van der Waals surface area contributed by atoms with Gasteiger partial charge in [-0.05, 0) is 89.3 Å². The second-order valence-electron chi connectivity index (χ2n) is 9.61. The molecule has 2 aliphatic rings. The Morgan fingerprint density at radius 2 is 2.00 bits per heavy atom. The minimum absolute atomic E-state index is 0.0897. The first kappa shape index (κ1) is 21.8. The van der Waals surface area contributed by atoms with E-state index >= 15 is 0 Å². The van der Waals surface area contributed by atoms with Gasteiger partial charge in [0, 0.05) is 28.7 Å². The summed E-state index contributed by atoms with van der Waals surface area (Å²) in [6.07, 6.45) is 6.94. The molecule has 0 radical (unpaired) electrons. The molecule has 5 rings (SSSR count). The highest BCUT2D eigenvalue weighted by molar-refractivity contribution is 5.88. The molecular weight excluding hydrogens is 408 g/mol. The monoisotopic (exact) mass is 442 g/mol. The lowest BCUT2D eigenvalue weighted by Gasteiger charge is -2.11. The second kappa shape index (κ2) is 9.06. The molecule has 1 unspecified atom stereocenters. The van der Waals surface area contributed by atoms with Crippen LogP contribution in [0.5, 0.6) is 5.75 Å². The van der Waals surface area contributed by atoms with Crippen molar-refractivity contribution >= 4 is 17.3 Å². The third kappa shape index (κ3) is 4.55. The van der Waals surface area contributed by atoms with E-state index < -0.39 is 0 Å². The number of nitrogens with one attached hydrogen (secondary N) is 3. The molecule has 0 amide bonds. The SMILES string of the molecule is Cc1cc(C)c(/C=c2\[nH]c(=C3N=c4ccccc4=C3CCC3CCCN3)cc2OC(C)C)[nH]1. The summed E-state index contributed by atoms with van der Waals surface area (Å²) in [5, 5.41) is 7.94. The minimum atomic E-state index is 0.0897. The number of rotatable bonds is 6. The molecule has 4 heterocycles. The standard InChI is InChI=1S/C28H34N4O/c1-17(2)33-27-16-26(31-25(27)15-24-18(3)14-19(4)30-24)28-22(12-11-20-8-7-13-29-20)21-9-5-6-10-23(21)32-28/h5-6,9-10,14-17,20,29-31H,7-8,11-13H2,1-4H3/b25-15-,28-26?. The fourth-order valence-electron chi connectivity index (χ4n) is 5.02. The lowest BCUT2D eigenvalue weighted by atomic mass is 10.0. The summed E-state index contributed by atoms with van der Waals surface area (Å²) >= 11 is 0. The zero-order valence-corrected chi connectivity index (χ0v) is 20.1. The maximum atomic E-state index is 6.21. The minimum Gasteiger partial charge on any atom is -0.489 e. The average molecular weight is 443 g/mol. The fourth-order valence-corrected chi connectivity index (χ4v) is 5.02. The quantitative estimate of drug-likeness (QED) is 0.550. The molecule has 5 nitrogen and oxygen atoms in total. The van der Waals surface area contributed by atoms with Crippen LogP contribution in [0.3, 0.4) is 0 Å². The molecule has 172 valence electrons. The predicted octanol–water partition coefficient (Wildman–Crippen LogP) is 2.70. The first-order valence-corrected chi connectivity index (χ1v) is 12.2. The van der Waals surface area contributed by atoms with Gasteiger partial charge in [0.15, 0.2) is 0 Å². The Labute approximate surface area is 195 Å². The molecule has 0 saturated carbocycles. The van der Waals surface area contributed by atoms with E-state index in [9.17, 15) is 0 Å². The molecule has 0 bridgehead atoms. The number of ether oxygens (including phenoxy) is 1. The molecule has 5 heteroatoms. The van der Waals surface area contributed by atoms with Crippen LogP contribution in [0.2, 0.25) is 0 Å². The summed E-state index contributed by atoms with van der Waals surface area (Å²) in [7, 11) is 0. The number of aryl methyl sites for hydroxylation is 2. The zero-order valence-electron chi connectivity index (χ0n) is 20.1. The van der Waals surface area contributed by atoms with E-state index in [-0.39, 0.29) is 6.10 Å². The van der Waals surface area contributed by atoms with Crippen molar-refractivity contribution in [1.82, 2.24) is 15.3 Å². The molecule has 0 aliphatic carbocycles. The fraction of sp³-hybridized carbons (Fsp3) is 0.393. The van der Waals surface area contributed by atoms with Crippen LogP contribution in [0.25, 0.3) is 17.3 Å². The highest BCUT2D eigenvalue weighted by Crippen LogP contribution is 2.23. The van der Waals surface area contributed by atoms with Gasteiger partial charge < -0.3 is 20.0 Å². The van der Waals surface area contributed by atoms with Crippen molar-refractivity contribution in [3.63, 3.8) is 0 Å². The van der Waals surface area contributed by atoms with Crippen LogP contribution in [-0.4, -0.2) is 28.7 Å². The summed E-state index contributed by atoms with van der Waals surface area (Å²) in [4.78, 5) is 12.2. The lowest BCUT2D eigenvalue weighted by molar-refractivity contribution is 0.240. The Kier molecular flexibility index (Phi) is 5.98.